The number of rotatable bonds is 6. The average molecular weight is 457 g/mol. The minimum atomic E-state index is -3.83. The van der Waals surface area contributed by atoms with E-state index < -0.39 is 15.9 Å². The quantitative estimate of drug-likeness (QED) is 0.696. The maximum Gasteiger partial charge on any atom is 0.252 e. The van der Waals surface area contributed by atoms with Gasteiger partial charge in [-0.3, -0.25) is 4.79 Å². The highest BCUT2D eigenvalue weighted by atomic mass is 35.5. The van der Waals surface area contributed by atoms with Gasteiger partial charge in [0.25, 0.3) is 5.91 Å². The van der Waals surface area contributed by atoms with Crippen LogP contribution in [0.1, 0.15) is 23.2 Å². The van der Waals surface area contributed by atoms with Crippen LogP contribution >= 0.6 is 23.2 Å². The summed E-state index contributed by atoms with van der Waals surface area (Å²) in [5, 5.41) is 2.72. The zero-order chi connectivity index (χ0) is 20.6. The molecule has 0 aromatic heterocycles. The Morgan fingerprint density at radius 2 is 1.83 bits per heavy atom. The third-order valence-corrected chi connectivity index (χ3v) is 6.81. The largest absolute Gasteiger partial charge is 0.486 e. The molecule has 2 aromatic carbocycles. The van der Waals surface area contributed by atoms with Crippen LogP contribution in [-0.4, -0.2) is 39.6 Å². The molecule has 2 aromatic rings. The SMILES string of the molecule is O=C(NCC1COc2ccccc2O1)c1cc(S(=O)(=O)NC2CC2)c(Cl)cc1Cl. The van der Waals surface area contributed by atoms with E-state index >= 15 is 0 Å². The van der Waals surface area contributed by atoms with Crippen molar-refractivity contribution in [1.82, 2.24) is 10.0 Å². The average Bonchev–Trinajstić information content (AvgIpc) is 3.49. The normalized spacial score (nSPS) is 18.3. The predicted octanol–water partition coefficient (Wildman–Crippen LogP) is 3.00. The molecule has 1 heterocycles. The predicted molar refractivity (Wildman–Crippen MR) is 108 cm³/mol. The van der Waals surface area contributed by atoms with Gasteiger partial charge in [0.1, 0.15) is 17.6 Å². The lowest BCUT2D eigenvalue weighted by molar-refractivity contribution is 0.0789. The third-order valence-electron chi connectivity index (χ3n) is 4.51. The second-order valence-electron chi connectivity index (χ2n) is 6.87. The smallest absolute Gasteiger partial charge is 0.252 e. The molecule has 1 aliphatic carbocycles. The minimum absolute atomic E-state index is 0.0179. The van der Waals surface area contributed by atoms with Crippen LogP contribution in [0.2, 0.25) is 10.0 Å². The summed E-state index contributed by atoms with van der Waals surface area (Å²) in [4.78, 5) is 12.5. The molecule has 10 heteroatoms. The first-order chi connectivity index (χ1) is 13.8. The Morgan fingerprint density at radius 3 is 2.55 bits per heavy atom. The Kier molecular flexibility index (Phi) is 5.61. The zero-order valence-corrected chi connectivity index (χ0v) is 17.5. The maximum absolute atomic E-state index is 12.6. The molecular formula is C19H18Cl2N2O5S. The second kappa shape index (κ2) is 8.02. The molecule has 2 N–H and O–H groups in total. The number of carbonyl (C=O) groups excluding carboxylic acids is 1. The first-order valence-electron chi connectivity index (χ1n) is 9.01. The summed E-state index contributed by atoms with van der Waals surface area (Å²) in [5.41, 5.74) is 0.0179. The number of fused-ring (bicyclic) bond motifs is 1. The summed E-state index contributed by atoms with van der Waals surface area (Å²) in [6, 6.07) is 9.62. The molecule has 1 aliphatic heterocycles. The van der Waals surface area contributed by atoms with Gasteiger partial charge in [0.05, 0.1) is 22.2 Å². The summed E-state index contributed by atoms with van der Waals surface area (Å²) in [6.45, 7) is 0.436. The lowest BCUT2D eigenvalue weighted by Gasteiger charge is -2.26. The Bertz CT molecular complexity index is 1060. The Labute approximate surface area is 178 Å². The Balaban J connectivity index is 1.46. The summed E-state index contributed by atoms with van der Waals surface area (Å²) in [5.74, 6) is 0.716. The van der Waals surface area contributed by atoms with Crippen LogP contribution in [0.5, 0.6) is 11.5 Å². The first kappa shape index (κ1) is 20.3. The minimum Gasteiger partial charge on any atom is -0.486 e. The number of sulfonamides is 1. The number of halogens is 2. The Morgan fingerprint density at radius 1 is 1.10 bits per heavy atom. The zero-order valence-electron chi connectivity index (χ0n) is 15.2. The van der Waals surface area contributed by atoms with Crippen molar-refractivity contribution >= 4 is 39.1 Å². The van der Waals surface area contributed by atoms with E-state index in [-0.39, 0.29) is 45.8 Å². The summed E-state index contributed by atoms with van der Waals surface area (Å²) in [6.07, 6.45) is 1.18. The van der Waals surface area contributed by atoms with E-state index in [9.17, 15) is 13.2 Å². The molecule has 0 spiro atoms. The fraction of sp³-hybridized carbons (Fsp3) is 0.316. The molecular weight excluding hydrogens is 439 g/mol. The molecule has 7 nitrogen and oxygen atoms in total. The number of para-hydroxylation sites is 2. The van der Waals surface area contributed by atoms with Gasteiger partial charge in [-0.2, -0.15) is 0 Å². The number of nitrogens with one attached hydrogen (secondary N) is 2. The van der Waals surface area contributed by atoms with Gasteiger partial charge in [-0.25, -0.2) is 13.1 Å². The summed E-state index contributed by atoms with van der Waals surface area (Å²) in [7, 11) is -3.83. The number of hydrogen-bond donors (Lipinski definition) is 2. The monoisotopic (exact) mass is 456 g/mol. The van der Waals surface area contributed by atoms with Crippen molar-refractivity contribution in [2.75, 3.05) is 13.2 Å². The van der Waals surface area contributed by atoms with Crippen molar-refractivity contribution in [3.63, 3.8) is 0 Å². The molecule has 1 amide bonds. The molecule has 0 radical (unpaired) electrons. The molecule has 1 unspecified atom stereocenters. The standard InChI is InChI=1S/C19H18Cl2N2O5S/c20-14-8-15(21)18(29(25,26)23-11-5-6-11)7-13(14)19(24)22-9-12-10-27-16-3-1-2-4-17(16)28-12/h1-4,7-8,11-12,23H,5-6,9-10H2,(H,22,24). The van der Waals surface area contributed by atoms with Crippen molar-refractivity contribution in [2.45, 2.75) is 29.9 Å². The van der Waals surface area contributed by atoms with Gasteiger partial charge in [0.15, 0.2) is 11.5 Å². The highest BCUT2D eigenvalue weighted by Crippen LogP contribution is 2.32. The van der Waals surface area contributed by atoms with E-state index in [4.69, 9.17) is 32.7 Å². The van der Waals surface area contributed by atoms with Crippen molar-refractivity contribution in [1.29, 1.82) is 0 Å². The highest BCUT2D eigenvalue weighted by molar-refractivity contribution is 7.89. The lowest BCUT2D eigenvalue weighted by atomic mass is 10.2. The number of carbonyl (C=O) groups is 1. The topological polar surface area (TPSA) is 93.7 Å². The van der Waals surface area contributed by atoms with Crippen LogP contribution in [0.4, 0.5) is 0 Å². The summed E-state index contributed by atoms with van der Waals surface area (Å²) >= 11 is 12.2. The van der Waals surface area contributed by atoms with Crippen molar-refractivity contribution in [3.8, 4) is 11.5 Å². The number of hydrogen-bond acceptors (Lipinski definition) is 5. The number of amides is 1. The van der Waals surface area contributed by atoms with Gasteiger partial charge in [0, 0.05) is 6.04 Å². The van der Waals surface area contributed by atoms with E-state index in [1.54, 1.807) is 12.1 Å². The lowest BCUT2D eigenvalue weighted by Crippen LogP contribution is -2.40. The van der Waals surface area contributed by atoms with Gasteiger partial charge in [-0.05, 0) is 37.1 Å². The molecule has 0 bridgehead atoms. The molecule has 154 valence electrons. The molecule has 1 fully saturated rings. The molecule has 1 atom stereocenters. The van der Waals surface area contributed by atoms with Crippen LogP contribution < -0.4 is 19.5 Å². The van der Waals surface area contributed by atoms with Crippen molar-refractivity contribution in [3.05, 3.63) is 52.0 Å². The van der Waals surface area contributed by atoms with E-state index in [0.717, 1.165) is 12.8 Å². The molecule has 4 rings (SSSR count). The van der Waals surface area contributed by atoms with Crippen LogP contribution in [0, 0.1) is 0 Å². The van der Waals surface area contributed by atoms with Gasteiger partial charge >= 0.3 is 0 Å². The molecule has 2 aliphatic rings. The van der Waals surface area contributed by atoms with E-state index in [1.165, 1.54) is 12.1 Å². The van der Waals surface area contributed by atoms with Crippen molar-refractivity contribution in [2.24, 2.45) is 0 Å². The molecule has 0 saturated heterocycles. The van der Waals surface area contributed by atoms with Crippen molar-refractivity contribution < 1.29 is 22.7 Å². The van der Waals surface area contributed by atoms with E-state index in [2.05, 4.69) is 10.0 Å². The maximum atomic E-state index is 12.6. The first-order valence-corrected chi connectivity index (χ1v) is 11.3. The summed E-state index contributed by atoms with van der Waals surface area (Å²) < 4.78 is 39.0. The fourth-order valence-corrected chi connectivity index (χ4v) is 5.02. The Hall–Kier alpha value is -2.00. The molecule has 1 saturated carbocycles. The van der Waals surface area contributed by atoms with Crippen LogP contribution in [0.25, 0.3) is 0 Å². The van der Waals surface area contributed by atoms with Gasteiger partial charge < -0.3 is 14.8 Å². The number of benzene rings is 2. The second-order valence-corrected chi connectivity index (χ2v) is 9.36. The fourth-order valence-electron chi connectivity index (χ4n) is 2.86. The van der Waals surface area contributed by atoms with Gasteiger partial charge in [0.2, 0.25) is 10.0 Å². The number of ether oxygens (including phenoxy) is 2. The van der Waals surface area contributed by atoms with E-state index in [0.29, 0.717) is 11.5 Å². The van der Waals surface area contributed by atoms with Crippen LogP contribution in [0.3, 0.4) is 0 Å². The van der Waals surface area contributed by atoms with Gasteiger partial charge in [-0.15, -0.1) is 0 Å². The molecule has 29 heavy (non-hydrogen) atoms. The third kappa shape index (κ3) is 4.61. The highest BCUT2D eigenvalue weighted by Gasteiger charge is 2.30. The van der Waals surface area contributed by atoms with Crippen LogP contribution in [0.15, 0.2) is 41.3 Å². The van der Waals surface area contributed by atoms with Gasteiger partial charge in [-0.1, -0.05) is 35.3 Å². The van der Waals surface area contributed by atoms with Crippen LogP contribution in [-0.2, 0) is 10.0 Å². The van der Waals surface area contributed by atoms with E-state index in [1.807, 2.05) is 12.1 Å².